The number of aromatic nitrogens is 3. The minimum Gasteiger partial charge on any atom is -0.368 e. The van der Waals surface area contributed by atoms with Crippen LogP contribution >= 0.6 is 12.4 Å². The van der Waals surface area contributed by atoms with E-state index >= 15 is 4.39 Å². The zero-order valence-corrected chi connectivity index (χ0v) is 22.2. The maximum absolute atomic E-state index is 15.9. The molecule has 10 heteroatoms. The van der Waals surface area contributed by atoms with Gasteiger partial charge in [-0.2, -0.15) is 4.98 Å². The van der Waals surface area contributed by atoms with E-state index in [1.807, 2.05) is 46.1 Å². The lowest BCUT2D eigenvalue weighted by molar-refractivity contribution is 0.0542. The second kappa shape index (κ2) is 11.3. The second-order valence-corrected chi connectivity index (χ2v) is 9.99. The van der Waals surface area contributed by atoms with Crippen molar-refractivity contribution in [3.8, 4) is 11.1 Å². The maximum Gasteiger partial charge on any atom is 0.295 e. The van der Waals surface area contributed by atoms with Gasteiger partial charge in [0.05, 0.1) is 11.9 Å². The molecule has 1 unspecified atom stereocenters. The highest BCUT2D eigenvalue weighted by atomic mass is 35.5. The number of rotatable bonds is 6. The summed E-state index contributed by atoms with van der Waals surface area (Å²) in [7, 11) is 1.98. The van der Waals surface area contributed by atoms with Gasteiger partial charge in [0, 0.05) is 48.5 Å². The van der Waals surface area contributed by atoms with Crippen LogP contribution in [-0.2, 0) is 6.54 Å². The molecular formula is C26H34ClFN6O2. The Morgan fingerprint density at radius 3 is 2.72 bits per heavy atom. The van der Waals surface area contributed by atoms with Crippen molar-refractivity contribution < 1.29 is 13.7 Å². The standard InChI is InChI=1S/C26H33FN6O2.ClH/c1-17-18(14-33(26(2,3)4)25(34)24-30-16-35-31-24)8-9-21(23(17)27)20-10-11-29-13-22(20)32-12-6-7-19(15-32)28-5;/h8-11,13,16,19,28H,6-7,12,14-15H2,1-5H3;1H. The first-order valence-corrected chi connectivity index (χ1v) is 11.9. The van der Waals surface area contributed by atoms with Crippen molar-refractivity contribution in [3.63, 3.8) is 0 Å². The SMILES string of the molecule is CNC1CCCN(c2cnccc2-c2ccc(CN(C(=O)c3ncon3)C(C)(C)C)c(C)c2F)C1.Cl. The van der Waals surface area contributed by atoms with Gasteiger partial charge in [0.25, 0.3) is 11.7 Å². The van der Waals surface area contributed by atoms with Crippen LogP contribution in [0.25, 0.3) is 11.1 Å². The van der Waals surface area contributed by atoms with E-state index < -0.39 is 5.54 Å². The minimum atomic E-state index is -0.532. The monoisotopic (exact) mass is 516 g/mol. The molecule has 3 aromatic rings. The van der Waals surface area contributed by atoms with Crippen molar-refractivity contribution in [2.75, 3.05) is 25.0 Å². The van der Waals surface area contributed by atoms with E-state index in [2.05, 4.69) is 25.3 Å². The van der Waals surface area contributed by atoms with Gasteiger partial charge in [-0.3, -0.25) is 9.78 Å². The van der Waals surface area contributed by atoms with Crippen LogP contribution in [-0.4, -0.2) is 57.6 Å². The molecule has 1 amide bonds. The second-order valence-electron chi connectivity index (χ2n) is 9.99. The number of hydrogen-bond donors (Lipinski definition) is 1. The molecule has 1 fully saturated rings. The highest BCUT2D eigenvalue weighted by Crippen LogP contribution is 2.35. The van der Waals surface area contributed by atoms with Crippen LogP contribution in [0.2, 0.25) is 0 Å². The van der Waals surface area contributed by atoms with Gasteiger partial charge < -0.3 is 19.6 Å². The lowest BCUT2D eigenvalue weighted by Gasteiger charge is -2.36. The molecule has 194 valence electrons. The number of likely N-dealkylation sites (N-methyl/N-ethyl adjacent to an activating group) is 1. The van der Waals surface area contributed by atoms with Crippen molar-refractivity contribution in [3.05, 3.63) is 59.8 Å². The first-order valence-electron chi connectivity index (χ1n) is 11.9. The molecule has 1 aliphatic heterocycles. The number of pyridine rings is 1. The van der Waals surface area contributed by atoms with Crippen LogP contribution < -0.4 is 10.2 Å². The van der Waals surface area contributed by atoms with Crippen LogP contribution in [0.3, 0.4) is 0 Å². The molecule has 1 aliphatic rings. The van der Waals surface area contributed by atoms with Gasteiger partial charge in [0.2, 0.25) is 6.39 Å². The van der Waals surface area contributed by atoms with Gasteiger partial charge in [-0.05, 0) is 64.8 Å². The molecule has 0 aliphatic carbocycles. The lowest BCUT2D eigenvalue weighted by Crippen LogP contribution is -2.45. The van der Waals surface area contributed by atoms with Crippen LogP contribution in [0.1, 0.15) is 55.4 Å². The highest BCUT2D eigenvalue weighted by Gasteiger charge is 2.31. The quantitative estimate of drug-likeness (QED) is 0.511. The molecule has 3 heterocycles. The fourth-order valence-corrected chi connectivity index (χ4v) is 4.57. The number of anilines is 1. The van der Waals surface area contributed by atoms with Gasteiger partial charge in [0.1, 0.15) is 5.82 Å². The number of benzene rings is 1. The van der Waals surface area contributed by atoms with E-state index in [-0.39, 0.29) is 36.5 Å². The third-order valence-corrected chi connectivity index (χ3v) is 6.70. The number of amides is 1. The number of nitrogens with one attached hydrogen (secondary N) is 1. The van der Waals surface area contributed by atoms with Gasteiger partial charge in [-0.25, -0.2) is 4.39 Å². The normalized spacial score (nSPS) is 15.9. The number of hydrogen-bond acceptors (Lipinski definition) is 7. The Morgan fingerprint density at radius 2 is 2.06 bits per heavy atom. The molecule has 8 nitrogen and oxygen atoms in total. The number of halogens is 2. The molecular weight excluding hydrogens is 483 g/mol. The van der Waals surface area contributed by atoms with Crippen molar-refractivity contribution in [1.29, 1.82) is 0 Å². The summed E-state index contributed by atoms with van der Waals surface area (Å²) in [6.07, 6.45) is 6.84. The summed E-state index contributed by atoms with van der Waals surface area (Å²) < 4.78 is 20.6. The molecule has 4 rings (SSSR count). The summed E-state index contributed by atoms with van der Waals surface area (Å²) in [5, 5.41) is 7.04. The summed E-state index contributed by atoms with van der Waals surface area (Å²) >= 11 is 0. The Labute approximate surface area is 217 Å². The maximum atomic E-state index is 15.9. The zero-order valence-electron chi connectivity index (χ0n) is 21.4. The number of carbonyl (C=O) groups excluding carboxylic acids is 1. The lowest BCUT2D eigenvalue weighted by atomic mass is 9.95. The third-order valence-electron chi connectivity index (χ3n) is 6.70. The van der Waals surface area contributed by atoms with E-state index in [0.29, 0.717) is 17.2 Å². The Morgan fingerprint density at radius 1 is 1.28 bits per heavy atom. The van der Waals surface area contributed by atoms with Crippen molar-refractivity contribution in [1.82, 2.24) is 25.3 Å². The van der Waals surface area contributed by atoms with E-state index in [1.54, 1.807) is 24.1 Å². The topological polar surface area (TPSA) is 87.4 Å². The summed E-state index contributed by atoms with van der Waals surface area (Å²) in [6, 6.07) is 5.96. The molecule has 1 atom stereocenters. The van der Waals surface area contributed by atoms with E-state index in [1.165, 1.54) is 0 Å². The molecule has 0 bridgehead atoms. The van der Waals surface area contributed by atoms with Gasteiger partial charge >= 0.3 is 0 Å². The first kappa shape index (κ1) is 27.5. The van der Waals surface area contributed by atoms with Crippen LogP contribution in [0.5, 0.6) is 0 Å². The van der Waals surface area contributed by atoms with Crippen molar-refractivity contribution in [2.45, 2.75) is 58.7 Å². The number of nitrogens with zero attached hydrogens (tertiary/aromatic N) is 5. The van der Waals surface area contributed by atoms with Crippen LogP contribution in [0.15, 0.2) is 41.5 Å². The summed E-state index contributed by atoms with van der Waals surface area (Å²) in [6.45, 7) is 9.51. The van der Waals surface area contributed by atoms with E-state index in [4.69, 9.17) is 4.52 Å². The largest absolute Gasteiger partial charge is 0.368 e. The van der Waals surface area contributed by atoms with Gasteiger partial charge in [0.15, 0.2) is 0 Å². The fourth-order valence-electron chi connectivity index (χ4n) is 4.57. The number of carbonyl (C=O) groups is 1. The third kappa shape index (κ3) is 5.68. The van der Waals surface area contributed by atoms with Gasteiger partial charge in [-0.1, -0.05) is 17.3 Å². The van der Waals surface area contributed by atoms with E-state index in [9.17, 15) is 4.79 Å². The Bertz CT molecular complexity index is 1180. The molecule has 0 saturated carbocycles. The van der Waals surface area contributed by atoms with Crippen LogP contribution in [0.4, 0.5) is 10.1 Å². The highest BCUT2D eigenvalue weighted by molar-refractivity contribution is 5.90. The molecule has 36 heavy (non-hydrogen) atoms. The minimum absolute atomic E-state index is 0. The molecule has 1 saturated heterocycles. The summed E-state index contributed by atoms with van der Waals surface area (Å²) in [5.74, 6) is -0.675. The van der Waals surface area contributed by atoms with Gasteiger partial charge in [-0.15, -0.1) is 12.4 Å². The first-order chi connectivity index (χ1) is 16.7. The number of piperidine rings is 1. The van der Waals surface area contributed by atoms with Crippen molar-refractivity contribution in [2.24, 2.45) is 0 Å². The van der Waals surface area contributed by atoms with E-state index in [0.717, 1.165) is 49.1 Å². The zero-order chi connectivity index (χ0) is 25.2. The average Bonchev–Trinajstić information content (AvgIpc) is 3.39. The molecule has 1 aromatic carbocycles. The molecule has 1 N–H and O–H groups in total. The Balaban J connectivity index is 0.00000361. The molecule has 2 aromatic heterocycles. The molecule has 0 spiro atoms. The van der Waals surface area contributed by atoms with Crippen molar-refractivity contribution >= 4 is 24.0 Å². The predicted octanol–water partition coefficient (Wildman–Crippen LogP) is 4.63. The Kier molecular flexibility index (Phi) is 8.68. The molecule has 0 radical (unpaired) electrons. The summed E-state index contributed by atoms with van der Waals surface area (Å²) in [5.41, 5.74) is 2.98. The smallest absolute Gasteiger partial charge is 0.295 e. The predicted molar refractivity (Wildman–Crippen MR) is 140 cm³/mol. The van der Waals surface area contributed by atoms with Crippen LogP contribution in [0, 0.1) is 12.7 Å². The Hall–Kier alpha value is -3.04. The summed E-state index contributed by atoms with van der Waals surface area (Å²) in [4.78, 5) is 25.2. The fraction of sp³-hybridized carbons (Fsp3) is 0.462. The average molecular weight is 517 g/mol.